The molecule has 0 heterocycles. The molecule has 2 fully saturated rings. The predicted octanol–water partition coefficient (Wildman–Crippen LogP) is 2.30. The van der Waals surface area contributed by atoms with Crippen molar-refractivity contribution < 1.29 is 14.7 Å². The molecule has 19 heavy (non-hydrogen) atoms. The molecule has 2 aliphatic rings. The third kappa shape index (κ3) is 2.35. The summed E-state index contributed by atoms with van der Waals surface area (Å²) in [5.41, 5.74) is 0.586. The Bertz CT molecular complexity index is 526. The lowest BCUT2D eigenvalue weighted by Gasteiger charge is -2.22. The van der Waals surface area contributed by atoms with Crippen LogP contribution in [0, 0.1) is 11.8 Å². The van der Waals surface area contributed by atoms with Crippen LogP contribution >= 0.6 is 0 Å². The number of rotatable bonds is 3. The minimum atomic E-state index is -1.01. The van der Waals surface area contributed by atoms with E-state index >= 15 is 0 Å². The van der Waals surface area contributed by atoms with Crippen molar-refractivity contribution in [3.63, 3.8) is 0 Å². The molecule has 2 bridgehead atoms. The number of carbonyl (C=O) groups is 2. The van der Waals surface area contributed by atoms with Crippen molar-refractivity contribution in [3.8, 4) is 0 Å². The molecule has 1 aromatic carbocycles. The van der Waals surface area contributed by atoms with Crippen LogP contribution in [0.4, 0.5) is 0 Å². The van der Waals surface area contributed by atoms with Gasteiger partial charge in [-0.05, 0) is 49.3 Å². The summed E-state index contributed by atoms with van der Waals surface area (Å²) in [7, 11) is 0. The van der Waals surface area contributed by atoms with E-state index in [2.05, 4.69) is 5.32 Å². The number of aromatic carboxylic acids is 1. The van der Waals surface area contributed by atoms with Gasteiger partial charge in [-0.3, -0.25) is 4.79 Å². The Balaban J connectivity index is 1.70. The van der Waals surface area contributed by atoms with Gasteiger partial charge in [-0.15, -0.1) is 0 Å². The summed E-state index contributed by atoms with van der Waals surface area (Å²) in [5.74, 6) is 0.243. The molecule has 3 rings (SSSR count). The molecule has 0 aromatic heterocycles. The fourth-order valence-electron chi connectivity index (χ4n) is 3.47. The molecule has 2 aliphatic carbocycles. The van der Waals surface area contributed by atoms with Gasteiger partial charge in [0.05, 0.1) is 5.56 Å². The van der Waals surface area contributed by atoms with Gasteiger partial charge in [0.15, 0.2) is 0 Å². The van der Waals surface area contributed by atoms with Crippen LogP contribution in [0.3, 0.4) is 0 Å². The van der Waals surface area contributed by atoms with Gasteiger partial charge >= 0.3 is 5.97 Å². The summed E-state index contributed by atoms with van der Waals surface area (Å²) >= 11 is 0. The lowest BCUT2D eigenvalue weighted by atomic mass is 9.95. The molecule has 0 spiro atoms. The molecule has 1 aromatic rings. The number of benzene rings is 1. The third-order valence-electron chi connectivity index (χ3n) is 4.43. The second kappa shape index (κ2) is 4.68. The normalized spacial score (nSPS) is 28.3. The smallest absolute Gasteiger partial charge is 0.335 e. The fourth-order valence-corrected chi connectivity index (χ4v) is 3.47. The van der Waals surface area contributed by atoms with E-state index in [0.29, 0.717) is 11.5 Å². The van der Waals surface area contributed by atoms with Crippen molar-refractivity contribution in [2.75, 3.05) is 0 Å². The molecule has 3 atom stereocenters. The summed E-state index contributed by atoms with van der Waals surface area (Å²) in [5, 5.41) is 12.0. The summed E-state index contributed by atoms with van der Waals surface area (Å²) in [6, 6.07) is 6.48. The van der Waals surface area contributed by atoms with Gasteiger partial charge in [-0.1, -0.05) is 12.5 Å². The topological polar surface area (TPSA) is 66.4 Å². The van der Waals surface area contributed by atoms with Crippen LogP contribution in [0.1, 0.15) is 46.4 Å². The van der Waals surface area contributed by atoms with Gasteiger partial charge < -0.3 is 10.4 Å². The van der Waals surface area contributed by atoms with Crippen molar-refractivity contribution in [2.24, 2.45) is 11.8 Å². The maximum Gasteiger partial charge on any atom is 0.335 e. The van der Waals surface area contributed by atoms with E-state index < -0.39 is 5.97 Å². The average molecular weight is 259 g/mol. The van der Waals surface area contributed by atoms with Gasteiger partial charge in [0.1, 0.15) is 0 Å². The SMILES string of the molecule is O=C(O)c1cccc(C(=O)NC2CC3CCC2C3)c1. The zero-order valence-corrected chi connectivity index (χ0v) is 10.6. The molecule has 2 saturated carbocycles. The number of amides is 1. The van der Waals surface area contributed by atoms with Crippen molar-refractivity contribution in [2.45, 2.75) is 31.7 Å². The number of carbonyl (C=O) groups excluding carboxylic acids is 1. The average Bonchev–Trinajstić information content (AvgIpc) is 3.01. The Morgan fingerprint density at radius 2 is 1.95 bits per heavy atom. The van der Waals surface area contributed by atoms with E-state index in [1.165, 1.54) is 31.4 Å². The molecule has 3 unspecified atom stereocenters. The van der Waals surface area contributed by atoms with Crippen LogP contribution in [0.15, 0.2) is 24.3 Å². The van der Waals surface area contributed by atoms with Gasteiger partial charge in [-0.25, -0.2) is 4.79 Å². The van der Waals surface area contributed by atoms with Crippen LogP contribution in [-0.4, -0.2) is 23.0 Å². The minimum Gasteiger partial charge on any atom is -0.478 e. The lowest BCUT2D eigenvalue weighted by molar-refractivity contribution is 0.0697. The number of hydrogen-bond acceptors (Lipinski definition) is 2. The van der Waals surface area contributed by atoms with E-state index in [0.717, 1.165) is 12.3 Å². The first-order chi connectivity index (χ1) is 9.13. The summed E-state index contributed by atoms with van der Waals surface area (Å²) in [6.45, 7) is 0. The Morgan fingerprint density at radius 1 is 1.16 bits per heavy atom. The highest BCUT2D eigenvalue weighted by Gasteiger charge is 2.40. The Hall–Kier alpha value is -1.84. The maximum atomic E-state index is 12.1. The molecular weight excluding hydrogens is 242 g/mol. The lowest BCUT2D eigenvalue weighted by Crippen LogP contribution is -2.38. The second-order valence-electron chi connectivity index (χ2n) is 5.64. The maximum absolute atomic E-state index is 12.1. The highest BCUT2D eigenvalue weighted by molar-refractivity contribution is 5.97. The van der Waals surface area contributed by atoms with E-state index in [1.54, 1.807) is 12.1 Å². The van der Waals surface area contributed by atoms with Crippen molar-refractivity contribution in [3.05, 3.63) is 35.4 Å². The first-order valence-corrected chi connectivity index (χ1v) is 6.77. The highest BCUT2D eigenvalue weighted by atomic mass is 16.4. The largest absolute Gasteiger partial charge is 0.478 e. The van der Waals surface area contributed by atoms with Crippen LogP contribution in [0.2, 0.25) is 0 Å². The molecule has 2 N–H and O–H groups in total. The number of carboxylic acid groups (broad SMARTS) is 1. The summed E-state index contributed by atoms with van der Waals surface area (Å²) in [4.78, 5) is 23.0. The van der Waals surface area contributed by atoms with Crippen LogP contribution in [0.25, 0.3) is 0 Å². The number of fused-ring (bicyclic) bond motifs is 2. The Kier molecular flexibility index (Phi) is 3.01. The number of carboxylic acids is 1. The van der Waals surface area contributed by atoms with Crippen LogP contribution < -0.4 is 5.32 Å². The van der Waals surface area contributed by atoms with Gasteiger partial charge in [0.25, 0.3) is 5.91 Å². The standard InChI is InChI=1S/C15H17NO3/c17-14(11-2-1-3-12(8-11)15(18)19)16-13-7-9-4-5-10(13)6-9/h1-3,8-10,13H,4-7H2,(H,16,17)(H,18,19). The van der Waals surface area contributed by atoms with Crippen molar-refractivity contribution in [1.29, 1.82) is 0 Å². The molecule has 0 saturated heterocycles. The van der Waals surface area contributed by atoms with Gasteiger partial charge in [-0.2, -0.15) is 0 Å². The third-order valence-corrected chi connectivity index (χ3v) is 4.43. The van der Waals surface area contributed by atoms with E-state index in [1.807, 2.05) is 0 Å². The molecule has 100 valence electrons. The zero-order valence-electron chi connectivity index (χ0n) is 10.6. The molecule has 0 radical (unpaired) electrons. The Labute approximate surface area is 111 Å². The second-order valence-corrected chi connectivity index (χ2v) is 5.64. The highest BCUT2D eigenvalue weighted by Crippen LogP contribution is 2.44. The monoisotopic (exact) mass is 259 g/mol. The van der Waals surface area contributed by atoms with Crippen molar-refractivity contribution in [1.82, 2.24) is 5.32 Å². The summed E-state index contributed by atoms with van der Waals surface area (Å²) in [6.07, 6.45) is 4.82. The fraction of sp³-hybridized carbons (Fsp3) is 0.467. The first-order valence-electron chi connectivity index (χ1n) is 6.77. The number of nitrogens with one attached hydrogen (secondary N) is 1. The summed E-state index contributed by atoms with van der Waals surface area (Å²) < 4.78 is 0. The first kappa shape index (κ1) is 12.2. The molecule has 4 heteroatoms. The Morgan fingerprint density at radius 3 is 2.58 bits per heavy atom. The van der Waals surface area contributed by atoms with E-state index in [9.17, 15) is 9.59 Å². The quantitative estimate of drug-likeness (QED) is 0.875. The van der Waals surface area contributed by atoms with Crippen LogP contribution in [-0.2, 0) is 0 Å². The zero-order chi connectivity index (χ0) is 13.4. The van der Waals surface area contributed by atoms with Crippen LogP contribution in [0.5, 0.6) is 0 Å². The minimum absolute atomic E-state index is 0.152. The molecule has 4 nitrogen and oxygen atoms in total. The van der Waals surface area contributed by atoms with Crippen molar-refractivity contribution >= 4 is 11.9 Å². The molecular formula is C15H17NO3. The van der Waals surface area contributed by atoms with E-state index in [4.69, 9.17) is 5.11 Å². The van der Waals surface area contributed by atoms with E-state index in [-0.39, 0.29) is 17.5 Å². The molecule has 0 aliphatic heterocycles. The predicted molar refractivity (Wildman–Crippen MR) is 70.1 cm³/mol. The number of hydrogen-bond donors (Lipinski definition) is 2. The van der Waals surface area contributed by atoms with Gasteiger partial charge in [0, 0.05) is 11.6 Å². The molecule has 1 amide bonds. The van der Waals surface area contributed by atoms with Gasteiger partial charge in [0.2, 0.25) is 0 Å².